The first kappa shape index (κ1) is 45.7. The second-order valence-corrected chi connectivity index (χ2v) is 19.1. The molecule has 14 nitrogen and oxygen atoms in total. The quantitative estimate of drug-likeness (QED) is 0.163. The number of rotatable bonds is 10. The number of esters is 1. The molecule has 2 aliphatic rings. The lowest BCUT2D eigenvalue weighted by molar-refractivity contribution is -0.155. The van der Waals surface area contributed by atoms with Gasteiger partial charge in [-0.25, -0.2) is 15.2 Å². The molecule has 0 radical (unpaired) electrons. The molecule has 6 bridgehead atoms. The zero-order valence-corrected chi connectivity index (χ0v) is 38.5. The summed E-state index contributed by atoms with van der Waals surface area (Å²) >= 11 is 1.43. The molecule has 5 heterocycles. The van der Waals surface area contributed by atoms with Crippen molar-refractivity contribution in [1.82, 2.24) is 40.1 Å². The summed E-state index contributed by atoms with van der Waals surface area (Å²) in [6.07, 6.45) is 3.30. The SMILES string of the molecule is CCn1c(-c2cccnc2[C@H](C)OC)c2c3cc(ccc31)-c1csc(n1)C[C@H](NC(=O)C(C(C)C)N(C)C(=O)N(C)CC(C)C)C(=O)N1CCC[C@H](N1)C(=O)OCC(C)(C)C2. The Morgan fingerprint density at radius 3 is 2.57 bits per heavy atom. The van der Waals surface area contributed by atoms with Crippen molar-refractivity contribution in [2.45, 2.75) is 112 Å². The fourth-order valence-corrected chi connectivity index (χ4v) is 9.61. The van der Waals surface area contributed by atoms with Gasteiger partial charge in [-0.3, -0.25) is 24.4 Å². The summed E-state index contributed by atoms with van der Waals surface area (Å²) in [6.45, 7) is 17.9. The van der Waals surface area contributed by atoms with Crippen LogP contribution in [-0.2, 0) is 43.2 Å². The number of cyclic esters (lactones) is 1. The largest absolute Gasteiger partial charge is 0.464 e. The standard InChI is InChI=1S/C46H64N8O6S/c1-12-53-37-18-17-30-21-32(37)33(41(53)31-15-13-19-47-39(31)29(6)59-11)23-46(7,8)26-60-44(57)34-16-14-20-54(50-34)43(56)35(22-38-48-36(30)25-61-38)49-42(55)40(28(4)5)52(10)45(58)51(9)24-27(2)3/h13,15,17-19,21,25,27-29,34-35,40,50H,12,14,16,20,22-24,26H2,1-11H3,(H,49,55)/t29-,34-,35-,40?/m0/s1. The van der Waals surface area contributed by atoms with Gasteiger partial charge in [0, 0.05) is 86.3 Å². The van der Waals surface area contributed by atoms with Gasteiger partial charge in [0.15, 0.2) is 0 Å². The Morgan fingerprint density at radius 1 is 1.13 bits per heavy atom. The van der Waals surface area contributed by atoms with Crippen molar-refractivity contribution in [3.8, 4) is 22.5 Å². The highest BCUT2D eigenvalue weighted by atomic mass is 32.1. The minimum atomic E-state index is -1.04. The molecule has 4 amide bonds. The van der Waals surface area contributed by atoms with Crippen LogP contribution in [-0.4, -0.2) is 112 Å². The fraction of sp³-hybridized carbons (Fsp3) is 0.565. The molecule has 0 saturated carbocycles. The van der Waals surface area contributed by atoms with Crippen LogP contribution in [0.3, 0.4) is 0 Å². The van der Waals surface area contributed by atoms with Crippen LogP contribution < -0.4 is 10.7 Å². The Balaban J connectivity index is 1.44. The smallest absolute Gasteiger partial charge is 0.324 e. The van der Waals surface area contributed by atoms with Crippen LogP contribution in [0.2, 0.25) is 0 Å². The number of carbonyl (C=O) groups excluding carboxylic acids is 4. The highest BCUT2D eigenvalue weighted by molar-refractivity contribution is 7.10. The number of nitrogens with one attached hydrogen (secondary N) is 2. The highest BCUT2D eigenvalue weighted by Crippen LogP contribution is 2.42. The Kier molecular flexibility index (Phi) is 14.3. The number of thiazole rings is 1. The van der Waals surface area contributed by atoms with E-state index in [1.165, 1.54) is 21.2 Å². The third kappa shape index (κ3) is 9.94. The summed E-state index contributed by atoms with van der Waals surface area (Å²) in [6, 6.07) is 7.52. The second-order valence-electron chi connectivity index (χ2n) is 18.1. The number of aryl methyl sites for hydroxylation is 1. The number of methoxy groups -OCH3 is 1. The van der Waals surface area contributed by atoms with Gasteiger partial charge in [-0.1, -0.05) is 47.6 Å². The zero-order valence-electron chi connectivity index (χ0n) is 37.7. The van der Waals surface area contributed by atoms with Crippen molar-refractivity contribution in [2.24, 2.45) is 17.3 Å². The second kappa shape index (κ2) is 19.0. The molecule has 6 rings (SSSR count). The topological polar surface area (TPSA) is 151 Å². The van der Waals surface area contributed by atoms with Crippen molar-refractivity contribution >= 4 is 46.1 Å². The number of hydrogen-bond donors (Lipinski definition) is 2. The molecule has 3 aromatic heterocycles. The fourth-order valence-electron chi connectivity index (χ4n) is 8.76. The average Bonchev–Trinajstić information content (AvgIpc) is 3.82. The first-order valence-electron chi connectivity index (χ1n) is 21.5. The van der Waals surface area contributed by atoms with Crippen molar-refractivity contribution in [3.63, 3.8) is 0 Å². The van der Waals surface area contributed by atoms with E-state index < -0.39 is 41.3 Å². The number of ether oxygens (including phenoxy) is 2. The number of pyridine rings is 1. The molecule has 0 aliphatic carbocycles. The van der Waals surface area contributed by atoms with Crippen LogP contribution in [0.5, 0.6) is 0 Å². The maximum atomic E-state index is 14.5. The number of nitrogens with zero attached hydrogens (tertiary/aromatic N) is 6. The van der Waals surface area contributed by atoms with Crippen LogP contribution in [0, 0.1) is 17.3 Å². The van der Waals surface area contributed by atoms with Gasteiger partial charge >= 0.3 is 12.0 Å². The van der Waals surface area contributed by atoms with Crippen molar-refractivity contribution < 1.29 is 28.7 Å². The van der Waals surface area contributed by atoms with Crippen molar-refractivity contribution in [2.75, 3.05) is 40.9 Å². The number of urea groups is 1. The maximum Gasteiger partial charge on any atom is 0.324 e. The van der Waals surface area contributed by atoms with E-state index in [0.29, 0.717) is 43.9 Å². The molecule has 1 saturated heterocycles. The number of benzene rings is 1. The monoisotopic (exact) mass is 856 g/mol. The van der Waals surface area contributed by atoms with Gasteiger partial charge in [-0.2, -0.15) is 0 Å². The average molecular weight is 857 g/mol. The van der Waals surface area contributed by atoms with Crippen molar-refractivity contribution in [3.05, 3.63) is 58.2 Å². The van der Waals surface area contributed by atoms with E-state index >= 15 is 0 Å². The van der Waals surface area contributed by atoms with Crippen molar-refractivity contribution in [1.29, 1.82) is 0 Å². The summed E-state index contributed by atoms with van der Waals surface area (Å²) in [5.41, 5.74) is 9.38. The Bertz CT molecular complexity index is 2230. The molecule has 2 N–H and O–H groups in total. The number of amides is 4. The molecule has 1 unspecified atom stereocenters. The van der Waals surface area contributed by atoms with Crippen LogP contribution in [0.25, 0.3) is 33.4 Å². The number of likely N-dealkylation sites (N-methyl/N-ethyl adjacent to an activating group) is 1. The van der Waals surface area contributed by atoms with Gasteiger partial charge in [0.2, 0.25) is 5.91 Å². The van der Waals surface area contributed by atoms with Crippen LogP contribution in [0.1, 0.15) is 90.6 Å². The summed E-state index contributed by atoms with van der Waals surface area (Å²) in [7, 11) is 5.04. The van der Waals surface area contributed by atoms with Gasteiger partial charge in [0.05, 0.1) is 34.8 Å². The summed E-state index contributed by atoms with van der Waals surface area (Å²) in [4.78, 5) is 69.1. The summed E-state index contributed by atoms with van der Waals surface area (Å²) in [5, 5.41) is 8.18. The molecule has 61 heavy (non-hydrogen) atoms. The number of hydrogen-bond acceptors (Lipinski definition) is 10. The van der Waals surface area contributed by atoms with E-state index in [0.717, 1.165) is 44.7 Å². The number of aromatic nitrogens is 3. The van der Waals surface area contributed by atoms with E-state index in [9.17, 15) is 19.2 Å². The summed E-state index contributed by atoms with van der Waals surface area (Å²) in [5.74, 6) is -1.29. The summed E-state index contributed by atoms with van der Waals surface area (Å²) < 4.78 is 14.2. The molecule has 0 spiro atoms. The molecule has 1 fully saturated rings. The Hall–Kier alpha value is -4.86. The van der Waals surface area contributed by atoms with Crippen LogP contribution >= 0.6 is 11.3 Å². The van der Waals surface area contributed by atoms with Gasteiger partial charge in [-0.05, 0) is 74.8 Å². The third-order valence-electron chi connectivity index (χ3n) is 11.7. The molecular weight excluding hydrogens is 793 g/mol. The van der Waals surface area contributed by atoms with E-state index in [4.69, 9.17) is 19.4 Å². The predicted octanol–water partition coefficient (Wildman–Crippen LogP) is 6.87. The normalized spacial score (nSPS) is 19.4. The lowest BCUT2D eigenvalue weighted by atomic mass is 9.84. The molecule has 1 aromatic carbocycles. The Labute approximate surface area is 364 Å². The van der Waals surface area contributed by atoms with E-state index in [1.807, 2.05) is 46.1 Å². The van der Waals surface area contributed by atoms with E-state index in [1.54, 1.807) is 32.3 Å². The molecule has 2 aliphatic heterocycles. The number of hydrazine groups is 1. The van der Waals surface area contributed by atoms with E-state index in [-0.39, 0.29) is 37.0 Å². The molecular formula is C46H64N8O6S. The number of fused-ring (bicyclic) bond motifs is 6. The molecule has 4 atom stereocenters. The van der Waals surface area contributed by atoms with Gasteiger partial charge in [-0.15, -0.1) is 11.3 Å². The Morgan fingerprint density at radius 2 is 1.89 bits per heavy atom. The molecule has 330 valence electrons. The third-order valence-corrected chi connectivity index (χ3v) is 12.6. The molecule has 4 aromatic rings. The first-order valence-corrected chi connectivity index (χ1v) is 22.4. The molecule has 15 heteroatoms. The number of carbonyl (C=O) groups is 4. The lowest BCUT2D eigenvalue weighted by Crippen LogP contribution is -2.62. The van der Waals surface area contributed by atoms with Gasteiger partial charge in [0.25, 0.3) is 5.91 Å². The zero-order chi connectivity index (χ0) is 44.3. The van der Waals surface area contributed by atoms with Crippen LogP contribution in [0.15, 0.2) is 41.9 Å². The first-order chi connectivity index (χ1) is 28.9. The minimum Gasteiger partial charge on any atom is -0.464 e. The maximum absolute atomic E-state index is 14.5. The predicted molar refractivity (Wildman–Crippen MR) is 239 cm³/mol. The highest BCUT2D eigenvalue weighted by Gasteiger charge is 2.38. The van der Waals surface area contributed by atoms with Crippen LogP contribution in [0.4, 0.5) is 4.79 Å². The van der Waals surface area contributed by atoms with E-state index in [2.05, 4.69) is 60.3 Å². The minimum absolute atomic E-state index is 0.109. The van der Waals surface area contributed by atoms with Gasteiger partial charge < -0.3 is 29.2 Å². The van der Waals surface area contributed by atoms with Gasteiger partial charge in [0.1, 0.15) is 18.1 Å². The lowest BCUT2D eigenvalue weighted by Gasteiger charge is -2.37.